The Labute approximate surface area is 177 Å². The predicted octanol–water partition coefficient (Wildman–Crippen LogP) is 3.40. The number of aryl methyl sites for hydroxylation is 1. The van der Waals surface area contributed by atoms with Gasteiger partial charge in [-0.15, -0.1) is 35.3 Å². The number of nitrogens with zero attached hydrogens (tertiary/aromatic N) is 3. The van der Waals surface area contributed by atoms with Crippen molar-refractivity contribution >= 4 is 41.3 Å². The molecule has 7 heteroatoms. The van der Waals surface area contributed by atoms with Crippen LogP contribution in [-0.2, 0) is 13.1 Å². The molecule has 3 rings (SSSR count). The molecule has 0 aliphatic carbocycles. The van der Waals surface area contributed by atoms with Gasteiger partial charge in [-0.1, -0.05) is 30.3 Å². The fraction of sp³-hybridized carbons (Fsp3) is 0.474. The van der Waals surface area contributed by atoms with Gasteiger partial charge in [0.15, 0.2) is 5.96 Å². The average molecular weight is 485 g/mol. The highest BCUT2D eigenvalue weighted by molar-refractivity contribution is 14.0. The van der Waals surface area contributed by atoms with E-state index in [9.17, 15) is 0 Å². The number of aromatic nitrogens is 1. The molecule has 26 heavy (non-hydrogen) atoms. The third-order valence-corrected chi connectivity index (χ3v) is 5.69. The Morgan fingerprint density at radius 2 is 2.12 bits per heavy atom. The van der Waals surface area contributed by atoms with Gasteiger partial charge in [-0.2, -0.15) is 0 Å². The van der Waals surface area contributed by atoms with E-state index in [4.69, 9.17) is 0 Å². The van der Waals surface area contributed by atoms with Gasteiger partial charge in [-0.05, 0) is 25.8 Å². The highest BCUT2D eigenvalue weighted by atomic mass is 127. The Morgan fingerprint density at radius 1 is 1.35 bits per heavy atom. The number of halogens is 1. The summed E-state index contributed by atoms with van der Waals surface area (Å²) in [6.45, 7) is 7.17. The molecule has 142 valence electrons. The first-order valence-electron chi connectivity index (χ1n) is 8.80. The lowest BCUT2D eigenvalue weighted by Gasteiger charge is -2.21. The molecule has 0 radical (unpaired) electrons. The van der Waals surface area contributed by atoms with Crippen LogP contribution < -0.4 is 10.6 Å². The molecule has 1 fully saturated rings. The van der Waals surface area contributed by atoms with Gasteiger partial charge in [0.05, 0.1) is 17.7 Å². The molecule has 2 unspecified atom stereocenters. The summed E-state index contributed by atoms with van der Waals surface area (Å²) in [7, 11) is 1.83. The second-order valence-electron chi connectivity index (χ2n) is 6.63. The van der Waals surface area contributed by atoms with Crippen LogP contribution in [0.2, 0.25) is 0 Å². The van der Waals surface area contributed by atoms with Crippen molar-refractivity contribution in [3.05, 3.63) is 52.0 Å². The Balaban J connectivity index is 0.00000243. The number of thiazole rings is 1. The van der Waals surface area contributed by atoms with Gasteiger partial charge in [-0.25, -0.2) is 4.98 Å². The predicted molar refractivity (Wildman–Crippen MR) is 120 cm³/mol. The van der Waals surface area contributed by atoms with Crippen molar-refractivity contribution in [1.82, 2.24) is 20.5 Å². The van der Waals surface area contributed by atoms with Crippen molar-refractivity contribution in [1.29, 1.82) is 0 Å². The third-order valence-electron chi connectivity index (χ3n) is 4.76. The van der Waals surface area contributed by atoms with Gasteiger partial charge in [0.25, 0.3) is 0 Å². The molecule has 1 aromatic heterocycles. The summed E-state index contributed by atoms with van der Waals surface area (Å²) < 4.78 is 0. The highest BCUT2D eigenvalue weighted by Crippen LogP contribution is 2.20. The number of hydrogen-bond acceptors (Lipinski definition) is 4. The Morgan fingerprint density at radius 3 is 2.77 bits per heavy atom. The van der Waals surface area contributed by atoms with E-state index in [1.165, 1.54) is 10.4 Å². The van der Waals surface area contributed by atoms with Gasteiger partial charge in [0.2, 0.25) is 0 Å². The second-order valence-corrected chi connectivity index (χ2v) is 7.57. The highest BCUT2D eigenvalue weighted by Gasteiger charge is 2.29. The van der Waals surface area contributed by atoms with Gasteiger partial charge in [0, 0.05) is 37.1 Å². The zero-order chi connectivity index (χ0) is 17.6. The van der Waals surface area contributed by atoms with Crippen molar-refractivity contribution in [2.75, 3.05) is 13.6 Å². The van der Waals surface area contributed by atoms with Crippen molar-refractivity contribution in [3.63, 3.8) is 0 Å². The average Bonchev–Trinajstić information content (AvgIpc) is 3.18. The summed E-state index contributed by atoms with van der Waals surface area (Å²) in [5.41, 5.74) is 4.36. The molecule has 2 aromatic rings. The molecule has 2 heterocycles. The molecule has 2 N–H and O–H groups in total. The van der Waals surface area contributed by atoms with Gasteiger partial charge >= 0.3 is 0 Å². The molecule has 0 saturated carbocycles. The van der Waals surface area contributed by atoms with Crippen LogP contribution in [0.4, 0.5) is 0 Å². The van der Waals surface area contributed by atoms with Crippen LogP contribution in [0.3, 0.4) is 0 Å². The summed E-state index contributed by atoms with van der Waals surface area (Å²) >= 11 is 1.68. The molecule has 1 aliphatic heterocycles. The zero-order valence-corrected chi connectivity index (χ0v) is 18.8. The third kappa shape index (κ3) is 5.65. The SMILES string of the molecule is CN=C(NCc1scnc1C)NC1CC(C)N(Cc2ccccc2)C1.I. The molecule has 1 aromatic carbocycles. The zero-order valence-electron chi connectivity index (χ0n) is 15.6. The minimum Gasteiger partial charge on any atom is -0.352 e. The van der Waals surface area contributed by atoms with Crippen LogP contribution in [0, 0.1) is 6.92 Å². The summed E-state index contributed by atoms with van der Waals surface area (Å²) in [5, 5.41) is 6.98. The van der Waals surface area contributed by atoms with Gasteiger partial charge < -0.3 is 10.6 Å². The van der Waals surface area contributed by atoms with Crippen LogP contribution in [0.1, 0.15) is 29.5 Å². The summed E-state index contributed by atoms with van der Waals surface area (Å²) in [6, 6.07) is 11.7. The standard InChI is InChI=1S/C19H27N5S.HI/c1-14-9-17(12-24(14)11-16-7-5-4-6-8-16)23-19(20-3)21-10-18-15(2)22-13-25-18;/h4-8,13-14,17H,9-12H2,1-3H3,(H2,20,21,23);1H. The lowest BCUT2D eigenvalue weighted by molar-refractivity contribution is 0.258. The van der Waals surface area contributed by atoms with Crippen LogP contribution in [0.25, 0.3) is 0 Å². The first kappa shape index (κ1) is 21.1. The van der Waals surface area contributed by atoms with E-state index in [0.717, 1.165) is 37.7 Å². The van der Waals surface area contributed by atoms with Crippen molar-refractivity contribution < 1.29 is 0 Å². The monoisotopic (exact) mass is 485 g/mol. The van der Waals surface area contributed by atoms with Crippen molar-refractivity contribution in [2.45, 2.75) is 45.4 Å². The van der Waals surface area contributed by atoms with E-state index in [-0.39, 0.29) is 24.0 Å². The summed E-state index contributed by atoms with van der Waals surface area (Å²) in [6.07, 6.45) is 1.13. The molecule has 0 amide bonds. The number of guanidine groups is 1. The number of nitrogens with one attached hydrogen (secondary N) is 2. The number of aliphatic imine (C=N–C) groups is 1. The lowest BCUT2D eigenvalue weighted by atomic mass is 10.2. The van der Waals surface area contributed by atoms with Crippen LogP contribution in [-0.4, -0.2) is 41.5 Å². The molecule has 2 atom stereocenters. The lowest BCUT2D eigenvalue weighted by Crippen LogP contribution is -2.44. The van der Waals surface area contributed by atoms with Crippen LogP contribution >= 0.6 is 35.3 Å². The Bertz CT molecular complexity index is 703. The molecular weight excluding hydrogens is 457 g/mol. The normalized spacial score (nSPS) is 20.7. The van der Waals surface area contributed by atoms with Gasteiger partial charge in [-0.3, -0.25) is 9.89 Å². The van der Waals surface area contributed by atoms with E-state index in [1.807, 2.05) is 19.5 Å². The molecule has 5 nitrogen and oxygen atoms in total. The van der Waals surface area contributed by atoms with E-state index in [0.29, 0.717) is 12.1 Å². The maximum absolute atomic E-state index is 4.37. The van der Waals surface area contributed by atoms with E-state index in [1.54, 1.807) is 11.3 Å². The molecule has 0 bridgehead atoms. The number of likely N-dealkylation sites (tertiary alicyclic amines) is 1. The Kier molecular flexibility index (Phi) is 8.30. The first-order valence-corrected chi connectivity index (χ1v) is 9.67. The number of hydrogen-bond donors (Lipinski definition) is 2. The van der Waals surface area contributed by atoms with E-state index in [2.05, 4.69) is 62.8 Å². The van der Waals surface area contributed by atoms with E-state index >= 15 is 0 Å². The van der Waals surface area contributed by atoms with Crippen LogP contribution in [0.5, 0.6) is 0 Å². The molecule has 0 spiro atoms. The largest absolute Gasteiger partial charge is 0.352 e. The summed E-state index contributed by atoms with van der Waals surface area (Å²) in [5.74, 6) is 0.867. The minimum atomic E-state index is 0. The van der Waals surface area contributed by atoms with E-state index < -0.39 is 0 Å². The molecule has 1 aliphatic rings. The molecule has 1 saturated heterocycles. The number of rotatable bonds is 5. The van der Waals surface area contributed by atoms with Crippen LogP contribution in [0.15, 0.2) is 40.8 Å². The Hall–Kier alpha value is -1.19. The topological polar surface area (TPSA) is 52.6 Å². The minimum absolute atomic E-state index is 0. The fourth-order valence-corrected chi connectivity index (χ4v) is 4.01. The summed E-state index contributed by atoms with van der Waals surface area (Å²) in [4.78, 5) is 12.5. The van der Waals surface area contributed by atoms with Crippen molar-refractivity contribution in [3.8, 4) is 0 Å². The first-order chi connectivity index (χ1) is 12.2. The smallest absolute Gasteiger partial charge is 0.191 e. The maximum Gasteiger partial charge on any atom is 0.191 e. The maximum atomic E-state index is 4.37. The molecular formula is C19H28IN5S. The number of benzene rings is 1. The quantitative estimate of drug-likeness (QED) is 0.388. The van der Waals surface area contributed by atoms with Crippen molar-refractivity contribution in [2.24, 2.45) is 4.99 Å². The van der Waals surface area contributed by atoms with Gasteiger partial charge in [0.1, 0.15) is 0 Å². The fourth-order valence-electron chi connectivity index (χ4n) is 3.29. The second kappa shape index (κ2) is 10.2.